The SMILES string of the molecule is CC(Oc1c(Br)cc(C=C2C(=O)NN(c3ccccc3)C2=O)cc1[N+](=O)[O-])C(=O)O. The number of anilines is 1. The van der Waals surface area contributed by atoms with Crippen LogP contribution < -0.4 is 15.2 Å². The molecule has 1 atom stereocenters. The van der Waals surface area contributed by atoms with Gasteiger partial charge in [0.2, 0.25) is 5.75 Å². The van der Waals surface area contributed by atoms with Gasteiger partial charge < -0.3 is 9.84 Å². The van der Waals surface area contributed by atoms with Crippen LogP contribution in [-0.4, -0.2) is 33.9 Å². The van der Waals surface area contributed by atoms with Gasteiger partial charge in [0.1, 0.15) is 5.57 Å². The zero-order chi connectivity index (χ0) is 22.0. The van der Waals surface area contributed by atoms with Crippen molar-refractivity contribution in [2.24, 2.45) is 0 Å². The molecular formula is C19H14BrN3O7. The van der Waals surface area contributed by atoms with Gasteiger partial charge in [0.05, 0.1) is 15.1 Å². The van der Waals surface area contributed by atoms with Gasteiger partial charge in [0.25, 0.3) is 11.8 Å². The Morgan fingerprint density at radius 2 is 1.97 bits per heavy atom. The Balaban J connectivity index is 1.99. The fraction of sp³-hybridized carbons (Fsp3) is 0.105. The minimum absolute atomic E-state index is 0.0995. The molecule has 0 aliphatic carbocycles. The van der Waals surface area contributed by atoms with Crippen LogP contribution in [-0.2, 0) is 14.4 Å². The van der Waals surface area contributed by atoms with Crippen LogP contribution in [0.5, 0.6) is 5.75 Å². The van der Waals surface area contributed by atoms with E-state index in [1.807, 2.05) is 0 Å². The number of halogens is 1. The van der Waals surface area contributed by atoms with Gasteiger partial charge in [-0.25, -0.2) is 9.80 Å². The number of carbonyl (C=O) groups excluding carboxylic acids is 2. The zero-order valence-electron chi connectivity index (χ0n) is 15.4. The van der Waals surface area contributed by atoms with Crippen LogP contribution in [0.1, 0.15) is 12.5 Å². The first-order valence-corrected chi connectivity index (χ1v) is 9.28. The normalized spacial score (nSPS) is 15.8. The Morgan fingerprint density at radius 3 is 2.57 bits per heavy atom. The fourth-order valence-electron chi connectivity index (χ4n) is 2.65. The number of ether oxygens (including phenoxy) is 1. The molecule has 2 N–H and O–H groups in total. The van der Waals surface area contributed by atoms with Gasteiger partial charge >= 0.3 is 11.7 Å². The quantitative estimate of drug-likeness (QED) is 0.283. The van der Waals surface area contributed by atoms with E-state index in [-0.39, 0.29) is 21.4 Å². The number of hydrazine groups is 1. The van der Waals surface area contributed by atoms with Crippen molar-refractivity contribution in [2.45, 2.75) is 13.0 Å². The number of para-hydroxylation sites is 1. The smallest absolute Gasteiger partial charge is 0.344 e. The maximum Gasteiger partial charge on any atom is 0.344 e. The number of nitrogens with zero attached hydrogens (tertiary/aromatic N) is 2. The second kappa shape index (κ2) is 8.33. The molecule has 1 saturated heterocycles. The van der Waals surface area contributed by atoms with E-state index in [2.05, 4.69) is 21.4 Å². The fourth-order valence-corrected chi connectivity index (χ4v) is 3.21. The van der Waals surface area contributed by atoms with Crippen molar-refractivity contribution in [1.29, 1.82) is 0 Å². The number of benzene rings is 2. The molecule has 0 bridgehead atoms. The lowest BCUT2D eigenvalue weighted by Gasteiger charge is -2.14. The number of nitro benzene ring substituents is 1. The van der Waals surface area contributed by atoms with E-state index in [0.29, 0.717) is 5.69 Å². The highest BCUT2D eigenvalue weighted by atomic mass is 79.9. The van der Waals surface area contributed by atoms with E-state index in [9.17, 15) is 24.5 Å². The zero-order valence-corrected chi connectivity index (χ0v) is 17.0. The van der Waals surface area contributed by atoms with E-state index >= 15 is 0 Å². The highest BCUT2D eigenvalue weighted by Crippen LogP contribution is 2.38. The van der Waals surface area contributed by atoms with E-state index in [1.54, 1.807) is 30.3 Å². The number of amides is 2. The van der Waals surface area contributed by atoms with E-state index in [1.165, 1.54) is 19.1 Å². The topological polar surface area (TPSA) is 139 Å². The minimum atomic E-state index is -1.33. The summed E-state index contributed by atoms with van der Waals surface area (Å²) in [4.78, 5) is 46.7. The second-order valence-corrected chi connectivity index (χ2v) is 7.04. The molecule has 1 fully saturated rings. The maximum absolute atomic E-state index is 12.7. The molecule has 1 aliphatic heterocycles. The summed E-state index contributed by atoms with van der Waals surface area (Å²) in [5.41, 5.74) is 2.33. The first kappa shape index (κ1) is 21.0. The lowest BCUT2D eigenvalue weighted by molar-refractivity contribution is -0.386. The molecule has 30 heavy (non-hydrogen) atoms. The summed E-state index contributed by atoms with van der Waals surface area (Å²) >= 11 is 3.12. The van der Waals surface area contributed by atoms with Crippen LogP contribution in [0, 0.1) is 10.1 Å². The molecule has 1 aliphatic rings. The summed E-state index contributed by atoms with van der Waals surface area (Å²) in [6.07, 6.45) is -0.117. The maximum atomic E-state index is 12.7. The number of aliphatic carboxylic acids is 1. The second-order valence-electron chi connectivity index (χ2n) is 6.18. The number of hydrogen-bond donors (Lipinski definition) is 2. The number of nitro groups is 1. The average Bonchev–Trinajstić information content (AvgIpc) is 2.98. The molecule has 154 valence electrons. The van der Waals surface area contributed by atoms with Crippen molar-refractivity contribution in [1.82, 2.24) is 5.43 Å². The van der Waals surface area contributed by atoms with Crippen molar-refractivity contribution < 1.29 is 29.2 Å². The Labute approximate surface area is 178 Å². The molecule has 0 saturated carbocycles. The molecule has 0 aromatic heterocycles. The van der Waals surface area contributed by atoms with Crippen LogP contribution >= 0.6 is 15.9 Å². The number of carboxylic acids is 1. The Bertz CT molecular complexity index is 1090. The van der Waals surface area contributed by atoms with Gasteiger partial charge in [-0.15, -0.1) is 0 Å². The molecule has 1 heterocycles. The molecule has 11 heteroatoms. The number of hydrogen-bond acceptors (Lipinski definition) is 6. The van der Waals surface area contributed by atoms with Crippen LogP contribution in [0.2, 0.25) is 0 Å². The number of carbonyl (C=O) groups is 3. The molecule has 1 unspecified atom stereocenters. The van der Waals surface area contributed by atoms with Crippen LogP contribution in [0.25, 0.3) is 6.08 Å². The van der Waals surface area contributed by atoms with Gasteiger partial charge in [-0.05, 0) is 52.7 Å². The van der Waals surface area contributed by atoms with Crippen molar-refractivity contribution in [3.05, 3.63) is 68.2 Å². The molecule has 2 amide bonds. The molecule has 2 aromatic rings. The number of carboxylic acid groups (broad SMARTS) is 1. The Kier molecular flexibility index (Phi) is 5.83. The molecular weight excluding hydrogens is 462 g/mol. The largest absolute Gasteiger partial charge is 0.479 e. The highest BCUT2D eigenvalue weighted by Gasteiger charge is 2.34. The third-order valence-electron chi connectivity index (χ3n) is 4.10. The van der Waals surface area contributed by atoms with Gasteiger partial charge in [0.15, 0.2) is 6.10 Å². The van der Waals surface area contributed by atoms with Gasteiger partial charge in [-0.2, -0.15) is 0 Å². The molecule has 0 spiro atoms. The van der Waals surface area contributed by atoms with E-state index in [0.717, 1.165) is 11.1 Å². The minimum Gasteiger partial charge on any atom is -0.479 e. The van der Waals surface area contributed by atoms with E-state index < -0.39 is 34.5 Å². The first-order chi connectivity index (χ1) is 14.2. The Hall–Kier alpha value is -3.73. The van der Waals surface area contributed by atoms with Crippen molar-refractivity contribution in [3.8, 4) is 5.75 Å². The Morgan fingerprint density at radius 1 is 1.30 bits per heavy atom. The van der Waals surface area contributed by atoms with E-state index in [4.69, 9.17) is 9.84 Å². The van der Waals surface area contributed by atoms with Crippen LogP contribution in [0.15, 0.2) is 52.5 Å². The summed E-state index contributed by atoms with van der Waals surface area (Å²) < 4.78 is 5.28. The summed E-state index contributed by atoms with van der Waals surface area (Å²) in [6, 6.07) is 10.9. The lowest BCUT2D eigenvalue weighted by Crippen LogP contribution is -2.35. The van der Waals surface area contributed by atoms with Crippen molar-refractivity contribution in [3.63, 3.8) is 0 Å². The summed E-state index contributed by atoms with van der Waals surface area (Å²) in [7, 11) is 0. The van der Waals surface area contributed by atoms with Crippen LogP contribution in [0.3, 0.4) is 0 Å². The third-order valence-corrected chi connectivity index (χ3v) is 4.69. The first-order valence-electron chi connectivity index (χ1n) is 8.48. The predicted octanol–water partition coefficient (Wildman–Crippen LogP) is 2.67. The van der Waals surface area contributed by atoms with Gasteiger partial charge in [0, 0.05) is 6.07 Å². The number of rotatable bonds is 6. The van der Waals surface area contributed by atoms with Crippen molar-refractivity contribution >= 4 is 51.2 Å². The highest BCUT2D eigenvalue weighted by molar-refractivity contribution is 9.10. The summed E-state index contributed by atoms with van der Waals surface area (Å²) in [6.45, 7) is 1.23. The molecule has 2 aromatic carbocycles. The third kappa shape index (κ3) is 4.15. The van der Waals surface area contributed by atoms with Gasteiger partial charge in [-0.3, -0.25) is 25.1 Å². The number of nitrogens with one attached hydrogen (secondary N) is 1. The predicted molar refractivity (Wildman–Crippen MR) is 109 cm³/mol. The molecule has 0 radical (unpaired) electrons. The monoisotopic (exact) mass is 475 g/mol. The molecule has 10 nitrogen and oxygen atoms in total. The summed E-state index contributed by atoms with van der Waals surface area (Å²) in [5.74, 6) is -2.85. The molecule has 3 rings (SSSR count). The summed E-state index contributed by atoms with van der Waals surface area (Å²) in [5, 5.41) is 21.5. The van der Waals surface area contributed by atoms with Crippen molar-refractivity contribution in [2.75, 3.05) is 5.01 Å². The lowest BCUT2D eigenvalue weighted by atomic mass is 10.1. The average molecular weight is 476 g/mol. The standard InChI is InChI=1S/C19H14BrN3O7/c1-10(19(26)27)30-16-14(20)8-11(9-15(16)23(28)29)7-13-17(24)21-22(18(13)25)12-5-3-2-4-6-12/h2-10H,1H3,(H,21,24)(H,26,27). The van der Waals surface area contributed by atoms with Crippen LogP contribution in [0.4, 0.5) is 11.4 Å². The van der Waals surface area contributed by atoms with Gasteiger partial charge in [-0.1, -0.05) is 18.2 Å².